The summed E-state index contributed by atoms with van der Waals surface area (Å²) in [4.78, 5) is 4.35. The van der Waals surface area contributed by atoms with Crippen molar-refractivity contribution >= 4 is 5.82 Å². The Kier molecular flexibility index (Phi) is 3.99. The van der Waals surface area contributed by atoms with E-state index in [1.807, 2.05) is 6.07 Å². The molecule has 1 atom stereocenters. The number of hydrogen-bond donors (Lipinski definition) is 1. The molecular formula is C18H17F2N3. The molecule has 0 saturated carbocycles. The molecule has 1 aromatic heterocycles. The second-order valence-electron chi connectivity index (χ2n) is 5.93. The van der Waals surface area contributed by atoms with E-state index in [4.69, 9.17) is 5.73 Å². The summed E-state index contributed by atoms with van der Waals surface area (Å²) in [5, 5.41) is 9.46. The van der Waals surface area contributed by atoms with Crippen LogP contribution in [0.5, 0.6) is 0 Å². The van der Waals surface area contributed by atoms with Crippen molar-refractivity contribution in [3.05, 3.63) is 46.7 Å². The predicted octanol–water partition coefficient (Wildman–Crippen LogP) is 4.00. The Balaban J connectivity index is 2.29. The van der Waals surface area contributed by atoms with Crippen LogP contribution in [-0.4, -0.2) is 4.98 Å². The Morgan fingerprint density at radius 3 is 2.83 bits per heavy atom. The van der Waals surface area contributed by atoms with Crippen molar-refractivity contribution < 1.29 is 8.78 Å². The van der Waals surface area contributed by atoms with Crippen LogP contribution >= 0.6 is 0 Å². The molecule has 1 aromatic carbocycles. The van der Waals surface area contributed by atoms with Crippen LogP contribution in [0, 0.1) is 28.9 Å². The Hall–Kier alpha value is -2.48. The Morgan fingerprint density at radius 2 is 2.17 bits per heavy atom. The Bertz CT molecular complexity index is 809. The smallest absolute Gasteiger partial charge is 0.142 e. The highest BCUT2D eigenvalue weighted by atomic mass is 19.1. The summed E-state index contributed by atoms with van der Waals surface area (Å²) in [5.41, 5.74) is 8.47. The maximum Gasteiger partial charge on any atom is 0.142 e. The third-order valence-electron chi connectivity index (χ3n) is 4.58. The molecule has 0 radical (unpaired) electrons. The van der Waals surface area contributed by atoms with E-state index in [1.165, 1.54) is 12.1 Å². The van der Waals surface area contributed by atoms with E-state index in [9.17, 15) is 14.0 Å². The van der Waals surface area contributed by atoms with Gasteiger partial charge in [0, 0.05) is 22.9 Å². The van der Waals surface area contributed by atoms with E-state index < -0.39 is 11.6 Å². The summed E-state index contributed by atoms with van der Waals surface area (Å²) in [5.74, 6) is -0.748. The highest BCUT2D eigenvalue weighted by Crippen LogP contribution is 2.39. The first kappa shape index (κ1) is 15.4. The minimum absolute atomic E-state index is 0.111. The molecule has 0 bridgehead atoms. The number of anilines is 1. The number of rotatable bonds is 2. The number of benzene rings is 1. The Labute approximate surface area is 133 Å². The molecule has 1 aliphatic rings. The molecule has 118 valence electrons. The highest BCUT2D eigenvalue weighted by Gasteiger charge is 2.27. The summed E-state index contributed by atoms with van der Waals surface area (Å²) < 4.78 is 27.6. The summed E-state index contributed by atoms with van der Waals surface area (Å²) in [6.45, 7) is 2.11. The van der Waals surface area contributed by atoms with Gasteiger partial charge < -0.3 is 5.73 Å². The molecule has 1 heterocycles. The molecule has 2 aromatic rings. The molecule has 0 fully saturated rings. The van der Waals surface area contributed by atoms with Crippen LogP contribution in [0.3, 0.4) is 0 Å². The van der Waals surface area contributed by atoms with Crippen LogP contribution in [0.15, 0.2) is 18.2 Å². The van der Waals surface area contributed by atoms with Crippen LogP contribution < -0.4 is 5.73 Å². The number of halogens is 2. The number of nitriles is 1. The summed E-state index contributed by atoms with van der Waals surface area (Å²) in [6.07, 6.45) is 3.52. The predicted molar refractivity (Wildman–Crippen MR) is 84.5 cm³/mol. The van der Waals surface area contributed by atoms with Crippen LogP contribution in [0.2, 0.25) is 0 Å². The Morgan fingerprint density at radius 1 is 1.39 bits per heavy atom. The lowest BCUT2D eigenvalue weighted by Crippen LogP contribution is -2.18. The van der Waals surface area contributed by atoms with Gasteiger partial charge in [-0.25, -0.2) is 13.8 Å². The number of nitrogens with two attached hydrogens (primary N) is 1. The number of aromatic nitrogens is 1. The molecule has 5 heteroatoms. The van der Waals surface area contributed by atoms with Gasteiger partial charge in [0.2, 0.25) is 0 Å². The largest absolute Gasteiger partial charge is 0.383 e. The van der Waals surface area contributed by atoms with Crippen molar-refractivity contribution in [1.82, 2.24) is 4.98 Å². The van der Waals surface area contributed by atoms with Gasteiger partial charge in [0.25, 0.3) is 0 Å². The van der Waals surface area contributed by atoms with E-state index in [-0.39, 0.29) is 16.9 Å². The first-order valence-electron chi connectivity index (χ1n) is 7.71. The lowest BCUT2D eigenvalue weighted by atomic mass is 9.80. The zero-order valence-corrected chi connectivity index (χ0v) is 12.9. The fraction of sp³-hybridized carbons (Fsp3) is 0.333. The average molecular weight is 313 g/mol. The van der Waals surface area contributed by atoms with Gasteiger partial charge in [0.1, 0.15) is 29.1 Å². The van der Waals surface area contributed by atoms with Crippen molar-refractivity contribution in [2.45, 2.75) is 32.6 Å². The minimum Gasteiger partial charge on any atom is -0.383 e. The fourth-order valence-electron chi connectivity index (χ4n) is 3.30. The summed E-state index contributed by atoms with van der Waals surface area (Å²) >= 11 is 0. The number of hydrogen-bond acceptors (Lipinski definition) is 3. The van der Waals surface area contributed by atoms with E-state index >= 15 is 0 Å². The summed E-state index contributed by atoms with van der Waals surface area (Å²) in [7, 11) is 0. The molecule has 1 unspecified atom stereocenters. The normalized spacial score (nSPS) is 16.7. The van der Waals surface area contributed by atoms with Gasteiger partial charge in [-0.2, -0.15) is 5.26 Å². The van der Waals surface area contributed by atoms with Crippen LogP contribution in [0.4, 0.5) is 14.6 Å². The topological polar surface area (TPSA) is 62.7 Å². The zero-order chi connectivity index (χ0) is 16.6. The molecule has 1 aliphatic carbocycles. The molecule has 3 rings (SSSR count). The quantitative estimate of drug-likeness (QED) is 0.911. The lowest BCUT2D eigenvalue weighted by molar-refractivity contribution is 0.440. The van der Waals surface area contributed by atoms with E-state index in [2.05, 4.69) is 11.9 Å². The van der Waals surface area contributed by atoms with E-state index in [0.29, 0.717) is 11.5 Å². The average Bonchev–Trinajstić information content (AvgIpc) is 2.53. The number of fused-ring (bicyclic) bond motifs is 1. The molecule has 2 N–H and O–H groups in total. The van der Waals surface area contributed by atoms with Gasteiger partial charge in [0.15, 0.2) is 0 Å². The standard InChI is InChI=1S/C18H17F2N3/c1-2-10-3-6-16-13(7-10)17(14(9-21)18(22)23-16)12-5-4-11(19)8-15(12)20/h4-5,8,10H,2-3,6-7H2,1H3,(H2,22,23). The van der Waals surface area contributed by atoms with Gasteiger partial charge in [-0.3, -0.25) is 0 Å². The SMILES string of the molecule is CCC1CCc2nc(N)c(C#N)c(-c3ccc(F)cc3F)c2C1. The van der Waals surface area contributed by atoms with E-state index in [1.54, 1.807) is 0 Å². The third kappa shape index (κ3) is 2.65. The van der Waals surface area contributed by atoms with Gasteiger partial charge in [-0.15, -0.1) is 0 Å². The molecular weight excluding hydrogens is 296 g/mol. The molecule has 0 saturated heterocycles. The zero-order valence-electron chi connectivity index (χ0n) is 12.9. The van der Waals surface area contributed by atoms with Crippen molar-refractivity contribution in [1.29, 1.82) is 5.26 Å². The second-order valence-corrected chi connectivity index (χ2v) is 5.93. The monoisotopic (exact) mass is 313 g/mol. The van der Waals surface area contributed by atoms with Crippen LogP contribution in [0.1, 0.15) is 36.6 Å². The van der Waals surface area contributed by atoms with Gasteiger partial charge in [0.05, 0.1) is 0 Å². The molecule has 23 heavy (non-hydrogen) atoms. The number of pyridine rings is 1. The molecule has 3 nitrogen and oxygen atoms in total. The van der Waals surface area contributed by atoms with E-state index in [0.717, 1.165) is 43.0 Å². The number of aryl methyl sites for hydroxylation is 1. The molecule has 0 amide bonds. The second kappa shape index (κ2) is 5.96. The maximum absolute atomic E-state index is 14.3. The lowest BCUT2D eigenvalue weighted by Gasteiger charge is -2.26. The fourth-order valence-corrected chi connectivity index (χ4v) is 3.30. The van der Waals surface area contributed by atoms with Crippen molar-refractivity contribution in [2.75, 3.05) is 5.73 Å². The van der Waals surface area contributed by atoms with Crippen molar-refractivity contribution in [2.24, 2.45) is 5.92 Å². The minimum atomic E-state index is -0.687. The number of nitrogen functional groups attached to an aromatic ring is 1. The number of nitrogens with zero attached hydrogens (tertiary/aromatic N) is 2. The first-order chi connectivity index (χ1) is 11.0. The maximum atomic E-state index is 14.3. The molecule has 0 aliphatic heterocycles. The van der Waals surface area contributed by atoms with Gasteiger partial charge >= 0.3 is 0 Å². The third-order valence-corrected chi connectivity index (χ3v) is 4.58. The van der Waals surface area contributed by atoms with Gasteiger partial charge in [-0.1, -0.05) is 13.3 Å². The summed E-state index contributed by atoms with van der Waals surface area (Å²) in [6, 6.07) is 5.44. The van der Waals surface area contributed by atoms with Crippen LogP contribution in [-0.2, 0) is 12.8 Å². The van der Waals surface area contributed by atoms with Crippen molar-refractivity contribution in [3.63, 3.8) is 0 Å². The highest BCUT2D eigenvalue weighted by molar-refractivity contribution is 5.79. The van der Waals surface area contributed by atoms with Gasteiger partial charge in [-0.05, 0) is 42.9 Å². The van der Waals surface area contributed by atoms with Crippen molar-refractivity contribution in [3.8, 4) is 17.2 Å². The first-order valence-corrected chi connectivity index (χ1v) is 7.71. The molecule has 0 spiro atoms. The van der Waals surface area contributed by atoms with Crippen LogP contribution in [0.25, 0.3) is 11.1 Å².